The minimum Gasteiger partial charge on any atom is -0.481 e. The van der Waals surface area contributed by atoms with E-state index in [1.54, 1.807) is 6.92 Å². The quantitative estimate of drug-likeness (QED) is 0.818. The van der Waals surface area contributed by atoms with Crippen LogP contribution in [0.4, 0.5) is 0 Å². The van der Waals surface area contributed by atoms with Crippen molar-refractivity contribution < 1.29 is 14.7 Å². The summed E-state index contributed by atoms with van der Waals surface area (Å²) in [7, 11) is 0. The van der Waals surface area contributed by atoms with Gasteiger partial charge in [-0.05, 0) is 12.1 Å². The maximum atomic E-state index is 11.9. The Morgan fingerprint density at radius 1 is 1.29 bits per heavy atom. The number of carbonyl (C=O) groups excluding carboxylic acids is 1. The summed E-state index contributed by atoms with van der Waals surface area (Å²) >= 11 is 0. The zero-order valence-electron chi connectivity index (χ0n) is 12.0. The summed E-state index contributed by atoms with van der Waals surface area (Å²) in [6.45, 7) is 3.53. The van der Waals surface area contributed by atoms with Crippen molar-refractivity contribution >= 4 is 17.5 Å². The Labute approximate surface area is 122 Å². The number of nitrogens with one attached hydrogen (secondary N) is 1. The number of carbonyl (C=O) groups is 2. The highest BCUT2D eigenvalue weighted by Crippen LogP contribution is 2.11. The zero-order chi connectivity index (χ0) is 15.4. The molecule has 2 rings (SSSR count). The van der Waals surface area contributed by atoms with Gasteiger partial charge in [0, 0.05) is 25.1 Å². The second kappa shape index (κ2) is 6.34. The number of hydrogen-bond donors (Lipinski definition) is 2. The Kier molecular flexibility index (Phi) is 4.52. The van der Waals surface area contributed by atoms with Gasteiger partial charge in [0.1, 0.15) is 5.82 Å². The molecule has 2 N–H and O–H groups in total. The minimum absolute atomic E-state index is 0.265. The fraction of sp³-hybridized carbons (Fsp3) is 0.429. The lowest BCUT2D eigenvalue weighted by atomic mass is 9.95. The van der Waals surface area contributed by atoms with E-state index < -0.39 is 17.8 Å². The van der Waals surface area contributed by atoms with Gasteiger partial charge in [-0.1, -0.05) is 19.9 Å². The first-order valence-electron chi connectivity index (χ1n) is 6.80. The van der Waals surface area contributed by atoms with E-state index in [0.29, 0.717) is 13.0 Å². The number of aromatic nitrogens is 3. The highest BCUT2D eigenvalue weighted by molar-refractivity contribution is 5.84. The molecule has 7 nitrogen and oxygen atoms in total. The lowest BCUT2D eigenvalue weighted by Crippen LogP contribution is -2.36. The normalized spacial score (nSPS) is 13.8. The summed E-state index contributed by atoms with van der Waals surface area (Å²) in [6, 6.07) is 5.62. The van der Waals surface area contributed by atoms with Gasteiger partial charge in [0.05, 0.1) is 5.92 Å². The Hall–Kier alpha value is -2.44. The summed E-state index contributed by atoms with van der Waals surface area (Å²) in [4.78, 5) is 22.7. The largest absolute Gasteiger partial charge is 0.481 e. The van der Waals surface area contributed by atoms with Crippen molar-refractivity contribution in [3.63, 3.8) is 0 Å². The summed E-state index contributed by atoms with van der Waals surface area (Å²) in [5.74, 6) is -1.76. The molecule has 2 aromatic rings. The van der Waals surface area contributed by atoms with Crippen LogP contribution >= 0.6 is 0 Å². The molecule has 2 unspecified atom stereocenters. The van der Waals surface area contributed by atoms with E-state index in [2.05, 4.69) is 15.5 Å². The van der Waals surface area contributed by atoms with Crippen molar-refractivity contribution in [3.05, 3.63) is 30.2 Å². The van der Waals surface area contributed by atoms with Gasteiger partial charge in [-0.25, -0.2) is 0 Å². The molecule has 0 aliphatic carbocycles. The fourth-order valence-corrected chi connectivity index (χ4v) is 1.96. The number of fused-ring (bicyclic) bond motifs is 1. The molecule has 7 heteroatoms. The molecule has 0 spiro atoms. The molecule has 112 valence electrons. The van der Waals surface area contributed by atoms with Gasteiger partial charge in [-0.2, -0.15) is 0 Å². The van der Waals surface area contributed by atoms with E-state index in [9.17, 15) is 9.59 Å². The Bertz CT molecular complexity index is 652. The third kappa shape index (κ3) is 3.36. The molecule has 0 bridgehead atoms. The Morgan fingerprint density at radius 2 is 2.05 bits per heavy atom. The van der Waals surface area contributed by atoms with Gasteiger partial charge in [-0.15, -0.1) is 10.2 Å². The van der Waals surface area contributed by atoms with Gasteiger partial charge in [-0.3, -0.25) is 14.0 Å². The van der Waals surface area contributed by atoms with Crippen LogP contribution in [0.1, 0.15) is 19.7 Å². The summed E-state index contributed by atoms with van der Waals surface area (Å²) in [5, 5.41) is 19.7. The molecular weight excluding hydrogens is 272 g/mol. The molecule has 0 aromatic carbocycles. The van der Waals surface area contributed by atoms with Crippen molar-refractivity contribution in [1.29, 1.82) is 0 Å². The number of carboxylic acids is 1. The number of nitrogens with zero attached hydrogens (tertiary/aromatic N) is 3. The van der Waals surface area contributed by atoms with Crippen LogP contribution in [0, 0.1) is 11.8 Å². The monoisotopic (exact) mass is 290 g/mol. The number of hydrogen-bond acceptors (Lipinski definition) is 4. The lowest BCUT2D eigenvalue weighted by molar-refractivity contribution is -0.146. The molecule has 0 aliphatic rings. The van der Waals surface area contributed by atoms with Crippen LogP contribution in [0.25, 0.3) is 5.65 Å². The first kappa shape index (κ1) is 15.0. The number of rotatable bonds is 6. The first-order valence-corrected chi connectivity index (χ1v) is 6.80. The highest BCUT2D eigenvalue weighted by atomic mass is 16.4. The second-order valence-electron chi connectivity index (χ2n) is 5.00. The van der Waals surface area contributed by atoms with Gasteiger partial charge in [0.25, 0.3) is 0 Å². The molecule has 0 radical (unpaired) electrons. The molecule has 2 aromatic heterocycles. The van der Waals surface area contributed by atoms with Crippen molar-refractivity contribution in [2.75, 3.05) is 6.54 Å². The zero-order valence-corrected chi connectivity index (χ0v) is 12.0. The van der Waals surface area contributed by atoms with Crippen LogP contribution in [0.5, 0.6) is 0 Å². The van der Waals surface area contributed by atoms with Crippen molar-refractivity contribution in [2.24, 2.45) is 11.8 Å². The van der Waals surface area contributed by atoms with Gasteiger partial charge in [0.15, 0.2) is 5.65 Å². The van der Waals surface area contributed by atoms with Crippen molar-refractivity contribution in [1.82, 2.24) is 19.9 Å². The SMILES string of the molecule is CC(C(=O)O)C(C)C(=O)NCCc1nnc2ccccn12. The topological polar surface area (TPSA) is 96.6 Å². The molecule has 0 fully saturated rings. The standard InChI is InChI=1S/C14H18N4O3/c1-9(10(2)14(20)21)13(19)15-7-6-12-17-16-11-5-3-4-8-18(11)12/h3-5,8-10H,6-7H2,1-2H3,(H,15,19)(H,20,21). The molecule has 1 amide bonds. The van der Waals surface area contributed by atoms with E-state index in [4.69, 9.17) is 5.11 Å². The van der Waals surface area contributed by atoms with Crippen LogP contribution in [0.2, 0.25) is 0 Å². The fourth-order valence-electron chi connectivity index (χ4n) is 1.96. The summed E-state index contributed by atoms with van der Waals surface area (Å²) in [5.41, 5.74) is 0.756. The number of amides is 1. The molecule has 0 aliphatic heterocycles. The predicted octanol–water partition coefficient (Wildman–Crippen LogP) is 0.745. The van der Waals surface area contributed by atoms with Gasteiger partial charge >= 0.3 is 5.97 Å². The number of aliphatic carboxylic acids is 1. The molecule has 0 saturated heterocycles. The van der Waals surface area contributed by atoms with Crippen molar-refractivity contribution in [2.45, 2.75) is 20.3 Å². The summed E-state index contributed by atoms with van der Waals surface area (Å²) < 4.78 is 1.86. The Balaban J connectivity index is 1.89. The Morgan fingerprint density at radius 3 is 2.76 bits per heavy atom. The van der Waals surface area contributed by atoms with E-state index in [1.807, 2.05) is 28.8 Å². The molecule has 0 saturated carbocycles. The van der Waals surface area contributed by atoms with Crippen LogP contribution in [0.3, 0.4) is 0 Å². The maximum absolute atomic E-state index is 11.9. The average molecular weight is 290 g/mol. The lowest BCUT2D eigenvalue weighted by Gasteiger charge is -2.15. The second-order valence-corrected chi connectivity index (χ2v) is 5.00. The van der Waals surface area contributed by atoms with E-state index in [1.165, 1.54) is 6.92 Å². The molecule has 2 atom stereocenters. The molecular formula is C14H18N4O3. The predicted molar refractivity (Wildman–Crippen MR) is 75.7 cm³/mol. The number of pyridine rings is 1. The smallest absolute Gasteiger partial charge is 0.307 e. The number of carboxylic acid groups (broad SMARTS) is 1. The first-order chi connectivity index (χ1) is 10.0. The summed E-state index contributed by atoms with van der Waals surface area (Å²) in [6.07, 6.45) is 2.40. The molecule has 2 heterocycles. The average Bonchev–Trinajstić information content (AvgIpc) is 2.89. The minimum atomic E-state index is -0.971. The van der Waals surface area contributed by atoms with E-state index in [-0.39, 0.29) is 5.91 Å². The van der Waals surface area contributed by atoms with Gasteiger partial charge in [0.2, 0.25) is 5.91 Å². The third-order valence-corrected chi connectivity index (χ3v) is 3.59. The van der Waals surface area contributed by atoms with Crippen LogP contribution in [-0.2, 0) is 16.0 Å². The third-order valence-electron chi connectivity index (χ3n) is 3.59. The van der Waals surface area contributed by atoms with Crippen LogP contribution in [-0.4, -0.2) is 38.1 Å². The highest BCUT2D eigenvalue weighted by Gasteiger charge is 2.25. The van der Waals surface area contributed by atoms with E-state index >= 15 is 0 Å². The van der Waals surface area contributed by atoms with Crippen LogP contribution < -0.4 is 5.32 Å². The van der Waals surface area contributed by atoms with E-state index in [0.717, 1.165) is 11.5 Å². The van der Waals surface area contributed by atoms with Crippen LogP contribution in [0.15, 0.2) is 24.4 Å². The molecule has 21 heavy (non-hydrogen) atoms. The maximum Gasteiger partial charge on any atom is 0.307 e. The van der Waals surface area contributed by atoms with Crippen molar-refractivity contribution in [3.8, 4) is 0 Å². The van der Waals surface area contributed by atoms with Gasteiger partial charge < -0.3 is 10.4 Å².